The third kappa shape index (κ3) is 6.81. The van der Waals surface area contributed by atoms with Gasteiger partial charge in [-0.25, -0.2) is 0 Å². The molecular weight excluding hydrogens is 440 g/mol. The highest BCUT2D eigenvalue weighted by atomic mass is 35.5. The Bertz CT molecular complexity index is 890. The van der Waals surface area contributed by atoms with E-state index in [2.05, 4.69) is 10.4 Å². The first-order chi connectivity index (χ1) is 15.6. The minimum Gasteiger partial charge on any atom is -0.481 e. The molecule has 4 rings (SSSR count). The Hall–Kier alpha value is -2.38. The van der Waals surface area contributed by atoms with Gasteiger partial charge in [-0.2, -0.15) is 5.10 Å². The Morgan fingerprint density at radius 2 is 1.76 bits per heavy atom. The fourth-order valence-corrected chi connectivity index (χ4v) is 5.03. The van der Waals surface area contributed by atoms with Crippen LogP contribution in [0, 0.1) is 11.8 Å². The molecule has 1 aliphatic carbocycles. The highest BCUT2D eigenvalue weighted by Crippen LogP contribution is 2.30. The van der Waals surface area contributed by atoms with Crippen LogP contribution in [0.5, 0.6) is 0 Å². The summed E-state index contributed by atoms with van der Waals surface area (Å²) in [6, 6.07) is 10.1. The standard InChI is InChI=1S/C25H34N4O3.ClH/c30-24(22-16-27-28(18-22)15-12-19-10-13-26-14-11-19)29(17-20-4-2-1-3-5-20)23-8-6-21(7-9-23)25(31)32;/h1-5,16,18-19,21,23,26H,6-15,17H2,(H,31,32);1H. The zero-order valence-electron chi connectivity index (χ0n) is 19.1. The first-order valence-electron chi connectivity index (χ1n) is 11.9. The molecule has 2 heterocycles. The van der Waals surface area contributed by atoms with E-state index in [1.807, 2.05) is 46.1 Å². The molecule has 1 amide bonds. The van der Waals surface area contributed by atoms with Gasteiger partial charge in [0.25, 0.3) is 5.91 Å². The normalized spacial score (nSPS) is 21.2. The number of amides is 1. The minimum atomic E-state index is -0.723. The fourth-order valence-electron chi connectivity index (χ4n) is 5.03. The molecule has 33 heavy (non-hydrogen) atoms. The third-order valence-corrected chi connectivity index (χ3v) is 7.05. The van der Waals surface area contributed by atoms with E-state index in [0.29, 0.717) is 24.9 Å². The molecule has 180 valence electrons. The molecule has 2 aliphatic rings. The highest BCUT2D eigenvalue weighted by Gasteiger charge is 2.32. The number of hydrogen-bond acceptors (Lipinski definition) is 4. The van der Waals surface area contributed by atoms with Gasteiger partial charge < -0.3 is 15.3 Å². The van der Waals surface area contributed by atoms with Crippen LogP contribution in [0.1, 0.15) is 60.9 Å². The van der Waals surface area contributed by atoms with Gasteiger partial charge in [-0.3, -0.25) is 14.3 Å². The smallest absolute Gasteiger partial charge is 0.306 e. The second kappa shape index (κ2) is 12.2. The van der Waals surface area contributed by atoms with Gasteiger partial charge in [0.2, 0.25) is 0 Å². The van der Waals surface area contributed by atoms with E-state index in [4.69, 9.17) is 0 Å². The number of aryl methyl sites for hydroxylation is 1. The predicted octanol–water partition coefficient (Wildman–Crippen LogP) is 3.98. The number of carbonyl (C=O) groups is 2. The molecule has 1 saturated carbocycles. The lowest BCUT2D eigenvalue weighted by Gasteiger charge is -2.36. The summed E-state index contributed by atoms with van der Waals surface area (Å²) in [6.45, 7) is 3.54. The van der Waals surface area contributed by atoms with Gasteiger partial charge in [-0.05, 0) is 69.5 Å². The van der Waals surface area contributed by atoms with Crippen LogP contribution < -0.4 is 5.32 Å². The number of piperidine rings is 1. The largest absolute Gasteiger partial charge is 0.481 e. The molecule has 8 heteroatoms. The number of carboxylic acid groups (broad SMARTS) is 1. The Morgan fingerprint density at radius 3 is 2.42 bits per heavy atom. The number of rotatable bonds is 8. The number of hydrogen-bond donors (Lipinski definition) is 2. The Labute approximate surface area is 202 Å². The third-order valence-electron chi connectivity index (χ3n) is 7.05. The van der Waals surface area contributed by atoms with Gasteiger partial charge in [0.05, 0.1) is 17.7 Å². The maximum atomic E-state index is 13.5. The van der Waals surface area contributed by atoms with E-state index in [1.54, 1.807) is 6.20 Å². The number of aliphatic carboxylic acids is 1. The van der Waals surface area contributed by atoms with Crippen LogP contribution in [0.2, 0.25) is 0 Å². The second-order valence-electron chi connectivity index (χ2n) is 9.24. The van der Waals surface area contributed by atoms with Crippen molar-refractivity contribution in [2.24, 2.45) is 11.8 Å². The summed E-state index contributed by atoms with van der Waals surface area (Å²) >= 11 is 0. The summed E-state index contributed by atoms with van der Waals surface area (Å²) in [5.74, 6) is -0.309. The summed E-state index contributed by atoms with van der Waals surface area (Å²) in [4.78, 5) is 26.8. The van der Waals surface area contributed by atoms with Crippen molar-refractivity contribution in [1.82, 2.24) is 20.0 Å². The van der Waals surface area contributed by atoms with Crippen molar-refractivity contribution in [2.45, 2.75) is 64.1 Å². The topological polar surface area (TPSA) is 87.5 Å². The number of nitrogens with one attached hydrogen (secondary N) is 1. The molecule has 1 saturated heterocycles. The average molecular weight is 475 g/mol. The molecule has 7 nitrogen and oxygen atoms in total. The first-order valence-corrected chi connectivity index (χ1v) is 11.9. The lowest BCUT2D eigenvalue weighted by molar-refractivity contribution is -0.143. The summed E-state index contributed by atoms with van der Waals surface area (Å²) in [6.07, 6.45) is 9.74. The first kappa shape index (κ1) is 25.2. The molecule has 0 spiro atoms. The molecule has 2 aromatic rings. The van der Waals surface area contributed by atoms with Crippen molar-refractivity contribution in [2.75, 3.05) is 13.1 Å². The van der Waals surface area contributed by atoms with E-state index in [9.17, 15) is 14.7 Å². The van der Waals surface area contributed by atoms with Gasteiger partial charge in [0.15, 0.2) is 0 Å². The summed E-state index contributed by atoms with van der Waals surface area (Å²) in [7, 11) is 0. The van der Waals surface area contributed by atoms with Gasteiger partial charge in [0.1, 0.15) is 0 Å². The average Bonchev–Trinajstić information content (AvgIpc) is 3.31. The molecule has 2 fully saturated rings. The van der Waals surface area contributed by atoms with Crippen molar-refractivity contribution in [3.05, 3.63) is 53.9 Å². The maximum absolute atomic E-state index is 13.5. The maximum Gasteiger partial charge on any atom is 0.306 e. The van der Waals surface area contributed by atoms with Crippen molar-refractivity contribution in [3.8, 4) is 0 Å². The molecule has 1 aliphatic heterocycles. The van der Waals surface area contributed by atoms with Crippen LogP contribution in [0.25, 0.3) is 0 Å². The molecule has 0 radical (unpaired) electrons. The molecule has 0 atom stereocenters. The Morgan fingerprint density at radius 1 is 1.06 bits per heavy atom. The SMILES string of the molecule is Cl.O=C(O)C1CCC(N(Cc2ccccc2)C(=O)c2cnn(CCC3CCNCC3)c2)CC1. The molecule has 0 bridgehead atoms. The summed E-state index contributed by atoms with van der Waals surface area (Å²) in [5.41, 5.74) is 1.70. The molecule has 0 unspecified atom stereocenters. The van der Waals surface area contributed by atoms with Gasteiger partial charge in [0, 0.05) is 25.3 Å². The number of halogens is 1. The van der Waals surface area contributed by atoms with Gasteiger partial charge >= 0.3 is 5.97 Å². The number of benzene rings is 1. The fraction of sp³-hybridized carbons (Fsp3) is 0.560. The van der Waals surface area contributed by atoms with Crippen LogP contribution in [0.15, 0.2) is 42.7 Å². The van der Waals surface area contributed by atoms with Gasteiger partial charge in [-0.1, -0.05) is 30.3 Å². The molecule has 1 aromatic carbocycles. The summed E-state index contributed by atoms with van der Waals surface area (Å²) in [5, 5.41) is 17.2. The Kier molecular flexibility index (Phi) is 9.32. The minimum absolute atomic E-state index is 0. The zero-order chi connectivity index (χ0) is 22.3. The molecular formula is C25H35ClN4O3. The van der Waals surface area contributed by atoms with Crippen LogP contribution in [-0.2, 0) is 17.9 Å². The predicted molar refractivity (Wildman–Crippen MR) is 129 cm³/mol. The highest BCUT2D eigenvalue weighted by molar-refractivity contribution is 5.94. The molecule has 1 aromatic heterocycles. The number of carboxylic acids is 1. The van der Waals surface area contributed by atoms with Crippen molar-refractivity contribution < 1.29 is 14.7 Å². The van der Waals surface area contributed by atoms with Crippen LogP contribution in [-0.4, -0.2) is 50.8 Å². The monoisotopic (exact) mass is 474 g/mol. The number of nitrogens with zero attached hydrogens (tertiary/aromatic N) is 3. The molecule has 2 N–H and O–H groups in total. The lowest BCUT2D eigenvalue weighted by atomic mass is 9.85. The summed E-state index contributed by atoms with van der Waals surface area (Å²) < 4.78 is 1.90. The van der Waals surface area contributed by atoms with Crippen molar-refractivity contribution in [3.63, 3.8) is 0 Å². The van der Waals surface area contributed by atoms with Gasteiger partial charge in [-0.15, -0.1) is 12.4 Å². The van der Waals surface area contributed by atoms with Crippen LogP contribution in [0.3, 0.4) is 0 Å². The number of aromatic nitrogens is 2. The zero-order valence-corrected chi connectivity index (χ0v) is 19.9. The lowest BCUT2D eigenvalue weighted by Crippen LogP contribution is -2.42. The Balaban J connectivity index is 0.00000306. The van der Waals surface area contributed by atoms with E-state index in [0.717, 1.165) is 50.4 Å². The van der Waals surface area contributed by atoms with Crippen LogP contribution in [0.4, 0.5) is 0 Å². The van der Waals surface area contributed by atoms with Crippen LogP contribution >= 0.6 is 12.4 Å². The van der Waals surface area contributed by atoms with Crippen molar-refractivity contribution in [1.29, 1.82) is 0 Å². The second-order valence-corrected chi connectivity index (χ2v) is 9.24. The van der Waals surface area contributed by atoms with Crippen molar-refractivity contribution >= 4 is 24.3 Å². The quantitative estimate of drug-likeness (QED) is 0.604. The number of carbonyl (C=O) groups excluding carboxylic acids is 1. The van der Waals surface area contributed by atoms with E-state index in [1.165, 1.54) is 12.8 Å². The van der Waals surface area contributed by atoms with E-state index < -0.39 is 5.97 Å². The van der Waals surface area contributed by atoms with E-state index >= 15 is 0 Å². The van der Waals surface area contributed by atoms with E-state index in [-0.39, 0.29) is 30.3 Å².